The molecule has 2 aromatic rings. The van der Waals surface area contributed by atoms with E-state index in [9.17, 15) is 0 Å². The van der Waals surface area contributed by atoms with Crippen molar-refractivity contribution in [2.45, 2.75) is 66.1 Å². The zero-order valence-electron chi connectivity index (χ0n) is 14.2. The Bertz CT molecular complexity index is 578. The van der Waals surface area contributed by atoms with Crippen LogP contribution in [0.3, 0.4) is 0 Å². The van der Waals surface area contributed by atoms with Crippen LogP contribution >= 0.6 is 0 Å². The quantitative estimate of drug-likeness (QED) is 0.760. The third-order valence-electron chi connectivity index (χ3n) is 4.10. The van der Waals surface area contributed by atoms with Crippen molar-refractivity contribution in [3.8, 4) is 0 Å². The molecule has 2 nitrogen and oxygen atoms in total. The van der Waals surface area contributed by atoms with Gasteiger partial charge in [0.2, 0.25) is 0 Å². The van der Waals surface area contributed by atoms with E-state index in [1.807, 2.05) is 0 Å². The molecule has 114 valence electrons. The summed E-state index contributed by atoms with van der Waals surface area (Å²) in [6, 6.07) is 11.9. The van der Waals surface area contributed by atoms with E-state index in [0.29, 0.717) is 12.1 Å². The Labute approximate surface area is 129 Å². The van der Waals surface area contributed by atoms with Gasteiger partial charge in [0.1, 0.15) is 0 Å². The van der Waals surface area contributed by atoms with Gasteiger partial charge in [-0.15, -0.1) is 0 Å². The Morgan fingerprint density at radius 1 is 1.00 bits per heavy atom. The monoisotopic (exact) mass is 284 g/mol. The van der Waals surface area contributed by atoms with Gasteiger partial charge < -0.3 is 4.90 Å². The van der Waals surface area contributed by atoms with E-state index < -0.39 is 0 Å². The van der Waals surface area contributed by atoms with Gasteiger partial charge in [-0.05, 0) is 46.6 Å². The lowest BCUT2D eigenvalue weighted by Gasteiger charge is -2.29. The number of hydrogen-bond acceptors (Lipinski definition) is 2. The second kappa shape index (κ2) is 6.46. The molecule has 0 N–H and O–H groups in total. The fourth-order valence-electron chi connectivity index (χ4n) is 3.07. The topological polar surface area (TPSA) is 15.6 Å². The van der Waals surface area contributed by atoms with Crippen molar-refractivity contribution < 1.29 is 0 Å². The lowest BCUT2D eigenvalue weighted by atomic mass is 10.1. The van der Waals surface area contributed by atoms with Crippen molar-refractivity contribution >= 4 is 5.69 Å². The van der Waals surface area contributed by atoms with Crippen LogP contribution < -0.4 is 10.3 Å². The van der Waals surface area contributed by atoms with Gasteiger partial charge in [-0.2, -0.15) is 0 Å². The summed E-state index contributed by atoms with van der Waals surface area (Å²) < 4.78 is 0. The molecule has 0 radical (unpaired) electrons. The number of anilines is 1. The van der Waals surface area contributed by atoms with Gasteiger partial charge in [-0.1, -0.05) is 37.3 Å². The molecule has 2 heteroatoms. The van der Waals surface area contributed by atoms with Crippen LogP contribution in [0.4, 0.5) is 5.69 Å². The van der Waals surface area contributed by atoms with Gasteiger partial charge in [0.05, 0.1) is 17.1 Å². The molecular formula is C19H28N2. The normalized spacial score (nSPS) is 14.4. The van der Waals surface area contributed by atoms with E-state index in [-0.39, 0.29) is 6.04 Å². The highest BCUT2D eigenvalue weighted by Crippen LogP contribution is 2.28. The molecule has 0 saturated heterocycles. The zero-order valence-corrected chi connectivity index (χ0v) is 14.2. The molecule has 0 amide bonds. The Kier molecular flexibility index (Phi) is 4.87. The summed E-state index contributed by atoms with van der Waals surface area (Å²) in [5.74, 6) is 0. The summed E-state index contributed by atoms with van der Waals surface area (Å²) in [5.41, 5.74) is 4.05. The van der Waals surface area contributed by atoms with Crippen molar-refractivity contribution in [3.63, 3.8) is 0 Å². The van der Waals surface area contributed by atoms with Gasteiger partial charge in [0.15, 0.2) is 0 Å². The maximum absolute atomic E-state index is 5.03. The zero-order chi connectivity index (χ0) is 15.6. The van der Waals surface area contributed by atoms with E-state index in [0.717, 1.165) is 6.42 Å². The van der Waals surface area contributed by atoms with Crippen molar-refractivity contribution in [1.29, 1.82) is 0 Å². The molecule has 0 aliphatic heterocycles. The van der Waals surface area contributed by atoms with Crippen molar-refractivity contribution in [2.75, 3.05) is 4.90 Å². The molecule has 21 heavy (non-hydrogen) atoms. The van der Waals surface area contributed by atoms with E-state index in [1.165, 1.54) is 22.2 Å². The van der Waals surface area contributed by atoms with E-state index in [4.69, 9.17) is 4.99 Å². The molecule has 0 bridgehead atoms. The third-order valence-corrected chi connectivity index (χ3v) is 4.10. The lowest BCUT2D eigenvalue weighted by molar-refractivity contribution is 0.610. The average molecular weight is 284 g/mol. The van der Waals surface area contributed by atoms with E-state index >= 15 is 0 Å². The van der Waals surface area contributed by atoms with Crippen LogP contribution in [0.1, 0.15) is 58.2 Å². The largest absolute Gasteiger partial charge is 0.365 e. The van der Waals surface area contributed by atoms with Gasteiger partial charge in [0.25, 0.3) is 0 Å². The molecule has 0 fully saturated rings. The first kappa shape index (κ1) is 15.8. The SMILES string of the molecule is CC[C@@H](/N=c1/c(C)c1N(C(C)C)C(C)C)c1ccccc1. The molecule has 0 saturated carbocycles. The maximum atomic E-state index is 5.03. The average Bonchev–Trinajstić information content (AvgIpc) is 3.06. The second-order valence-electron chi connectivity index (χ2n) is 6.38. The van der Waals surface area contributed by atoms with Crippen molar-refractivity contribution in [3.05, 3.63) is 46.8 Å². The van der Waals surface area contributed by atoms with Gasteiger partial charge in [-0.3, -0.25) is 4.99 Å². The Morgan fingerprint density at radius 3 is 2.05 bits per heavy atom. The van der Waals surface area contributed by atoms with Crippen LogP contribution in [0.25, 0.3) is 0 Å². The molecule has 2 aromatic carbocycles. The van der Waals surface area contributed by atoms with Crippen LogP contribution in [0.5, 0.6) is 0 Å². The molecular weight excluding hydrogens is 256 g/mol. The smallest absolute Gasteiger partial charge is 0.0869 e. The lowest BCUT2D eigenvalue weighted by Crippen LogP contribution is -2.36. The second-order valence-corrected chi connectivity index (χ2v) is 6.38. The number of hydrogen-bond donors (Lipinski definition) is 0. The van der Waals surface area contributed by atoms with Crippen LogP contribution in [0, 0.1) is 6.92 Å². The summed E-state index contributed by atoms with van der Waals surface area (Å²) in [4.78, 5) is 7.50. The van der Waals surface area contributed by atoms with Gasteiger partial charge in [-0.25, -0.2) is 0 Å². The maximum Gasteiger partial charge on any atom is 0.0869 e. The molecule has 0 spiro atoms. The Morgan fingerprint density at radius 2 is 1.57 bits per heavy atom. The Balaban J connectivity index is 2.31. The summed E-state index contributed by atoms with van der Waals surface area (Å²) in [6.45, 7) is 13.4. The van der Waals surface area contributed by atoms with Crippen LogP contribution in [-0.2, 0) is 0 Å². The first-order chi connectivity index (χ1) is 9.97. The minimum Gasteiger partial charge on any atom is -0.365 e. The fourth-order valence-corrected chi connectivity index (χ4v) is 3.07. The Hall–Kier alpha value is -1.57. The highest BCUT2D eigenvalue weighted by atomic mass is 15.2. The van der Waals surface area contributed by atoms with Crippen molar-refractivity contribution in [2.24, 2.45) is 4.99 Å². The van der Waals surface area contributed by atoms with Crippen LogP contribution in [0.2, 0.25) is 0 Å². The van der Waals surface area contributed by atoms with Gasteiger partial charge >= 0.3 is 0 Å². The van der Waals surface area contributed by atoms with E-state index in [2.05, 4.69) is 76.8 Å². The standard InChI is InChI=1S/C19H28N2/c1-7-17(16-11-9-8-10-12-16)20-18-15(6)19(18)21(13(2)3)14(4)5/h8-14,17H,7H2,1-6H3/b20-18-/t17-/m1/s1. The molecule has 0 heterocycles. The first-order valence-corrected chi connectivity index (χ1v) is 8.10. The molecule has 0 aliphatic carbocycles. The number of nitrogens with zero attached hydrogens (tertiary/aromatic N) is 2. The number of benzene rings is 1. The predicted molar refractivity (Wildman–Crippen MR) is 91.3 cm³/mol. The summed E-state index contributed by atoms with van der Waals surface area (Å²) in [7, 11) is 0. The van der Waals surface area contributed by atoms with Crippen LogP contribution in [-0.4, -0.2) is 12.1 Å². The third kappa shape index (κ3) is 3.37. The first-order valence-electron chi connectivity index (χ1n) is 8.10. The summed E-state index contributed by atoms with van der Waals surface area (Å²) in [6.07, 6.45) is 1.04. The fraction of sp³-hybridized carbons (Fsp3) is 0.526. The highest BCUT2D eigenvalue weighted by Gasteiger charge is 2.26. The molecule has 2 rings (SSSR count). The summed E-state index contributed by atoms with van der Waals surface area (Å²) in [5, 5.41) is 1.23. The summed E-state index contributed by atoms with van der Waals surface area (Å²) >= 11 is 0. The predicted octanol–water partition coefficient (Wildman–Crippen LogP) is 4.55. The minimum atomic E-state index is 0.273. The highest BCUT2D eigenvalue weighted by molar-refractivity contribution is 5.66. The van der Waals surface area contributed by atoms with Crippen molar-refractivity contribution in [1.82, 2.24) is 0 Å². The molecule has 0 aliphatic rings. The van der Waals surface area contributed by atoms with E-state index in [1.54, 1.807) is 0 Å². The molecule has 0 unspecified atom stereocenters. The van der Waals surface area contributed by atoms with Crippen LogP contribution in [0.15, 0.2) is 35.3 Å². The minimum absolute atomic E-state index is 0.273. The molecule has 0 aromatic heterocycles. The molecule has 1 atom stereocenters. The van der Waals surface area contributed by atoms with Gasteiger partial charge in [0, 0.05) is 17.6 Å². The number of rotatable bonds is 6.